The van der Waals surface area contributed by atoms with E-state index in [1.165, 1.54) is 0 Å². The molecule has 0 aliphatic heterocycles. The van der Waals surface area contributed by atoms with Crippen LogP contribution in [0.1, 0.15) is 6.42 Å². The molecule has 0 fully saturated rings. The zero-order chi connectivity index (χ0) is 6.57. The van der Waals surface area contributed by atoms with E-state index in [-0.39, 0.29) is 12.4 Å². The summed E-state index contributed by atoms with van der Waals surface area (Å²) in [6.07, 6.45) is 0.343. The predicted octanol–water partition coefficient (Wildman–Crippen LogP) is -4.25. The molecule has 0 aromatic rings. The zero-order valence-corrected chi connectivity index (χ0v) is 5.64. The largest absolute Gasteiger partial charge is 1.00 e. The van der Waals surface area contributed by atoms with E-state index < -0.39 is 12.0 Å². The number of carboxylic acid groups (broad SMARTS) is 1. The number of aliphatic carboxylic acids is 1. The summed E-state index contributed by atoms with van der Waals surface area (Å²) in [6.45, 7) is 0.327. The monoisotopic (exact) mass is 153 g/mol. The molecule has 0 rings (SSSR count). The number of hydrogen-bond acceptors (Lipinski definition) is 3. The van der Waals surface area contributed by atoms with E-state index in [9.17, 15) is 4.79 Å². The first kappa shape index (κ1) is 11.5. The maximum atomic E-state index is 9.91. The normalized spacial score (nSPS) is 11.8. The average molecular weight is 154 g/mol. The molecule has 56 valence electrons. The molecule has 0 spiro atoms. The van der Waals surface area contributed by atoms with Gasteiger partial charge in [0.1, 0.15) is 6.04 Å². The Morgan fingerprint density at radius 3 is 2.22 bits per heavy atom. The van der Waals surface area contributed by atoms with E-state index in [0.717, 1.165) is 0 Å². The van der Waals surface area contributed by atoms with Crippen LogP contribution in [0.2, 0.25) is 0 Å². The van der Waals surface area contributed by atoms with Crippen molar-refractivity contribution in [1.29, 1.82) is 0 Å². The van der Waals surface area contributed by atoms with E-state index in [4.69, 9.17) is 16.6 Å². The van der Waals surface area contributed by atoms with Gasteiger partial charge < -0.3 is 29.0 Å². The molecule has 9 heavy (non-hydrogen) atoms. The molecule has 0 amide bonds. The van der Waals surface area contributed by atoms with Crippen molar-refractivity contribution in [3.8, 4) is 0 Å². The minimum atomic E-state index is -0.990. The van der Waals surface area contributed by atoms with Gasteiger partial charge in [0, 0.05) is 0 Å². The topological polar surface area (TPSA) is 89.3 Å². The first-order chi connectivity index (χ1) is 3.68. The van der Waals surface area contributed by atoms with Gasteiger partial charge in [0.15, 0.2) is 0 Å². The highest BCUT2D eigenvalue weighted by atomic mass is 35.5. The molecule has 0 heterocycles. The standard InChI is InChI=1S/C4H10N2O2.ClH/c5-2-1-3(6)4(7)8;/h3H,1-2,5-6H2,(H,7,8);1H/p-1. The molecule has 1 atom stereocenters. The quantitative estimate of drug-likeness (QED) is 0.383. The van der Waals surface area contributed by atoms with Gasteiger partial charge >= 0.3 is 5.97 Å². The molecule has 1 unspecified atom stereocenters. The third-order valence-electron chi connectivity index (χ3n) is 0.795. The first-order valence-corrected chi connectivity index (χ1v) is 2.37. The van der Waals surface area contributed by atoms with Crippen LogP contribution in [0.4, 0.5) is 0 Å². The lowest BCUT2D eigenvalue weighted by Crippen LogP contribution is -3.00. The molecule has 0 bridgehead atoms. The van der Waals surface area contributed by atoms with E-state index in [1.54, 1.807) is 0 Å². The second-order valence-corrected chi connectivity index (χ2v) is 1.52. The molecule has 0 aromatic heterocycles. The number of halogens is 1. The second kappa shape index (κ2) is 5.81. The number of hydrogen-bond donors (Lipinski definition) is 3. The highest BCUT2D eigenvalue weighted by Gasteiger charge is 2.07. The molecule has 0 saturated carbocycles. The molecule has 5 heteroatoms. The van der Waals surface area contributed by atoms with Crippen molar-refractivity contribution in [3.05, 3.63) is 0 Å². The van der Waals surface area contributed by atoms with Gasteiger partial charge in [0.2, 0.25) is 0 Å². The summed E-state index contributed by atoms with van der Waals surface area (Å²) in [7, 11) is 0. The van der Waals surface area contributed by atoms with Gasteiger partial charge in [-0.05, 0) is 13.0 Å². The molecule has 0 aliphatic rings. The maximum absolute atomic E-state index is 9.91. The lowest BCUT2D eigenvalue weighted by atomic mass is 10.2. The van der Waals surface area contributed by atoms with Gasteiger partial charge in [0.25, 0.3) is 0 Å². The van der Waals surface area contributed by atoms with E-state index in [1.807, 2.05) is 0 Å². The van der Waals surface area contributed by atoms with Gasteiger partial charge in [-0.2, -0.15) is 0 Å². The lowest BCUT2D eigenvalue weighted by molar-refractivity contribution is -0.138. The molecular weight excluding hydrogens is 144 g/mol. The van der Waals surface area contributed by atoms with Crippen molar-refractivity contribution in [2.24, 2.45) is 11.5 Å². The van der Waals surface area contributed by atoms with Crippen LogP contribution < -0.4 is 23.9 Å². The van der Waals surface area contributed by atoms with Crippen molar-refractivity contribution in [2.75, 3.05) is 6.54 Å². The number of carbonyl (C=O) groups is 1. The van der Waals surface area contributed by atoms with Crippen LogP contribution in [0, 0.1) is 0 Å². The van der Waals surface area contributed by atoms with E-state index >= 15 is 0 Å². The van der Waals surface area contributed by atoms with Crippen LogP contribution in [0.3, 0.4) is 0 Å². The number of nitrogens with two attached hydrogens (primary N) is 2. The summed E-state index contributed by atoms with van der Waals surface area (Å²) in [5, 5.41) is 8.13. The highest BCUT2D eigenvalue weighted by Crippen LogP contribution is 1.82. The fraction of sp³-hybridized carbons (Fsp3) is 0.750. The molecule has 0 aromatic carbocycles. The van der Waals surface area contributed by atoms with Gasteiger partial charge in [-0.15, -0.1) is 0 Å². The number of rotatable bonds is 3. The lowest BCUT2D eigenvalue weighted by Gasteiger charge is -2.00. The molecule has 5 N–H and O–H groups in total. The van der Waals surface area contributed by atoms with E-state index in [2.05, 4.69) is 0 Å². The molecular formula is C4H10ClN2O2-. The van der Waals surface area contributed by atoms with Crippen molar-refractivity contribution in [1.82, 2.24) is 0 Å². The predicted molar refractivity (Wildman–Crippen MR) is 29.3 cm³/mol. The summed E-state index contributed by atoms with van der Waals surface area (Å²) in [5.74, 6) is -0.990. The Kier molecular flexibility index (Phi) is 7.41. The third kappa shape index (κ3) is 5.55. The van der Waals surface area contributed by atoms with Gasteiger partial charge in [-0.25, -0.2) is 0 Å². The SMILES string of the molecule is NCCC(N)C(=O)O.[Cl-]. The molecule has 4 nitrogen and oxygen atoms in total. The van der Waals surface area contributed by atoms with Crippen molar-refractivity contribution in [3.63, 3.8) is 0 Å². The van der Waals surface area contributed by atoms with Crippen molar-refractivity contribution >= 4 is 5.97 Å². The molecule has 0 saturated heterocycles. The van der Waals surface area contributed by atoms with Gasteiger partial charge in [0.05, 0.1) is 0 Å². The van der Waals surface area contributed by atoms with Crippen LogP contribution in [0.5, 0.6) is 0 Å². The Hall–Kier alpha value is -0.320. The number of carboxylic acids is 1. The Bertz CT molecular complexity index is 88.6. The minimum absolute atomic E-state index is 0. The maximum Gasteiger partial charge on any atom is 0.320 e. The van der Waals surface area contributed by atoms with Gasteiger partial charge in [-0.3, -0.25) is 4.79 Å². The van der Waals surface area contributed by atoms with E-state index in [0.29, 0.717) is 13.0 Å². The first-order valence-electron chi connectivity index (χ1n) is 2.37. The van der Waals surface area contributed by atoms with Crippen LogP contribution in [0.25, 0.3) is 0 Å². The zero-order valence-electron chi connectivity index (χ0n) is 4.88. The smallest absolute Gasteiger partial charge is 0.320 e. The second-order valence-electron chi connectivity index (χ2n) is 1.52. The minimum Gasteiger partial charge on any atom is -1.00 e. The summed E-state index contributed by atoms with van der Waals surface area (Å²) in [6, 6.07) is -0.792. The fourth-order valence-electron chi connectivity index (χ4n) is 0.303. The summed E-state index contributed by atoms with van der Waals surface area (Å²) in [5.41, 5.74) is 10.1. The Balaban J connectivity index is 0. The van der Waals surface area contributed by atoms with Crippen LogP contribution in [-0.2, 0) is 4.79 Å². The summed E-state index contributed by atoms with van der Waals surface area (Å²) < 4.78 is 0. The van der Waals surface area contributed by atoms with Crippen LogP contribution >= 0.6 is 0 Å². The molecule has 0 aliphatic carbocycles. The Morgan fingerprint density at radius 2 is 2.11 bits per heavy atom. The van der Waals surface area contributed by atoms with Gasteiger partial charge in [-0.1, -0.05) is 0 Å². The Labute approximate surface area is 59.6 Å². The Morgan fingerprint density at radius 1 is 1.67 bits per heavy atom. The van der Waals surface area contributed by atoms with Crippen molar-refractivity contribution < 1.29 is 22.3 Å². The third-order valence-corrected chi connectivity index (χ3v) is 0.795. The average Bonchev–Trinajstić information content (AvgIpc) is 1.67. The summed E-state index contributed by atoms with van der Waals surface area (Å²) >= 11 is 0. The van der Waals surface area contributed by atoms with Crippen LogP contribution in [0.15, 0.2) is 0 Å². The molecule has 0 radical (unpaired) electrons. The van der Waals surface area contributed by atoms with Crippen LogP contribution in [-0.4, -0.2) is 23.7 Å². The highest BCUT2D eigenvalue weighted by molar-refractivity contribution is 5.72. The fourth-order valence-corrected chi connectivity index (χ4v) is 0.303. The summed E-state index contributed by atoms with van der Waals surface area (Å²) in [4.78, 5) is 9.91. The van der Waals surface area contributed by atoms with Crippen molar-refractivity contribution in [2.45, 2.75) is 12.5 Å².